The number of anilines is 1. The van der Waals surface area contributed by atoms with Crippen LogP contribution in [0.3, 0.4) is 0 Å². The highest BCUT2D eigenvalue weighted by atomic mass is 32.2. The predicted molar refractivity (Wildman–Crippen MR) is 132 cm³/mol. The van der Waals surface area contributed by atoms with Crippen LogP contribution in [0.4, 0.5) is 6.01 Å². The molecule has 1 saturated heterocycles. The van der Waals surface area contributed by atoms with E-state index in [9.17, 15) is 8.42 Å². The molecule has 2 aromatic rings. The van der Waals surface area contributed by atoms with Crippen LogP contribution >= 0.6 is 0 Å². The van der Waals surface area contributed by atoms with Crippen LogP contribution in [0.25, 0.3) is 5.57 Å². The Labute approximate surface area is 206 Å². The third kappa shape index (κ3) is 4.24. The lowest BCUT2D eigenvalue weighted by Crippen LogP contribution is -2.58. The van der Waals surface area contributed by atoms with Crippen molar-refractivity contribution in [1.29, 1.82) is 0 Å². The van der Waals surface area contributed by atoms with Crippen LogP contribution in [0.5, 0.6) is 5.75 Å². The highest BCUT2D eigenvalue weighted by molar-refractivity contribution is 7.88. The van der Waals surface area contributed by atoms with Gasteiger partial charge in [-0.1, -0.05) is 18.2 Å². The minimum absolute atomic E-state index is 0.0996. The maximum Gasteiger partial charge on any atom is 0.324 e. The molecule has 2 spiro atoms. The van der Waals surface area contributed by atoms with Gasteiger partial charge in [0.25, 0.3) is 0 Å². The standard InChI is InChI=1S/C25H33N5O4S/c1-3-4-22-27-23(34-28-22)29-11-7-24(8-12-29)16-25(17-24)14-19-13-20(26-15-21(19)33-25)18-5-9-30(10-6-18)35(2,31)32/h5,13,15H,3-4,6-12,14,16-17H2,1-2H3. The normalized spacial score (nSPS) is 23.1. The first-order chi connectivity index (χ1) is 16.8. The van der Waals surface area contributed by atoms with Crippen LogP contribution < -0.4 is 9.64 Å². The molecule has 6 rings (SSSR count). The number of sulfonamides is 1. The molecular formula is C25H33N5O4S. The Hall–Kier alpha value is -2.46. The molecule has 0 bridgehead atoms. The Morgan fingerprint density at radius 1 is 1.17 bits per heavy atom. The molecule has 0 radical (unpaired) electrons. The molecule has 0 N–H and O–H groups in total. The highest BCUT2D eigenvalue weighted by Crippen LogP contribution is 2.60. The van der Waals surface area contributed by atoms with Crippen LogP contribution in [-0.2, 0) is 22.9 Å². The molecule has 3 aliphatic heterocycles. The Balaban J connectivity index is 1.07. The van der Waals surface area contributed by atoms with Gasteiger partial charge < -0.3 is 14.2 Å². The number of aryl methyl sites for hydroxylation is 1. The zero-order chi connectivity index (χ0) is 24.3. The fourth-order valence-electron chi connectivity index (χ4n) is 6.43. The van der Waals surface area contributed by atoms with Crippen LogP contribution in [0.1, 0.15) is 62.5 Å². The Bertz CT molecular complexity index is 1250. The van der Waals surface area contributed by atoms with Gasteiger partial charge in [0.2, 0.25) is 10.0 Å². The van der Waals surface area contributed by atoms with Crippen molar-refractivity contribution in [2.75, 3.05) is 37.3 Å². The van der Waals surface area contributed by atoms with Crippen molar-refractivity contribution in [1.82, 2.24) is 19.4 Å². The van der Waals surface area contributed by atoms with E-state index in [1.54, 1.807) is 0 Å². The van der Waals surface area contributed by atoms with Crippen LogP contribution in [0.2, 0.25) is 0 Å². The quantitative estimate of drug-likeness (QED) is 0.618. The largest absolute Gasteiger partial charge is 0.485 e. The van der Waals surface area contributed by atoms with Crippen molar-refractivity contribution in [3.8, 4) is 5.75 Å². The molecule has 0 unspecified atom stereocenters. The minimum atomic E-state index is -3.15. The molecule has 35 heavy (non-hydrogen) atoms. The van der Waals surface area contributed by atoms with E-state index in [0.717, 1.165) is 80.9 Å². The molecule has 1 saturated carbocycles. The van der Waals surface area contributed by atoms with Crippen molar-refractivity contribution < 1.29 is 17.7 Å². The van der Waals surface area contributed by atoms with Gasteiger partial charge in [-0.05, 0) is 55.6 Å². The third-order valence-corrected chi connectivity index (χ3v) is 9.45. The number of rotatable bonds is 5. The van der Waals surface area contributed by atoms with Crippen LogP contribution in [0, 0.1) is 5.41 Å². The average molecular weight is 500 g/mol. The van der Waals surface area contributed by atoms with E-state index in [-0.39, 0.29) is 5.60 Å². The van der Waals surface area contributed by atoms with Gasteiger partial charge in [-0.15, -0.1) is 0 Å². The second-order valence-electron chi connectivity index (χ2n) is 10.8. The summed E-state index contributed by atoms with van der Waals surface area (Å²) in [6.07, 6.45) is 13.0. The van der Waals surface area contributed by atoms with Gasteiger partial charge >= 0.3 is 6.01 Å². The molecule has 4 aliphatic rings. The van der Waals surface area contributed by atoms with Crippen LogP contribution in [-0.4, -0.2) is 65.9 Å². The molecule has 10 heteroatoms. The summed E-state index contributed by atoms with van der Waals surface area (Å²) >= 11 is 0. The summed E-state index contributed by atoms with van der Waals surface area (Å²) in [5.74, 6) is 1.71. The smallest absolute Gasteiger partial charge is 0.324 e. The topological polar surface area (TPSA) is 102 Å². The fraction of sp³-hybridized carbons (Fsp3) is 0.640. The van der Waals surface area contributed by atoms with Gasteiger partial charge in [0.1, 0.15) is 11.4 Å². The summed E-state index contributed by atoms with van der Waals surface area (Å²) in [5.41, 5.74) is 3.53. The van der Waals surface area contributed by atoms with E-state index in [0.29, 0.717) is 30.9 Å². The lowest BCUT2D eigenvalue weighted by Gasteiger charge is -2.56. The van der Waals surface area contributed by atoms with Gasteiger partial charge in [0.15, 0.2) is 5.82 Å². The van der Waals surface area contributed by atoms with E-state index < -0.39 is 10.0 Å². The number of hydrogen-bond donors (Lipinski definition) is 0. The lowest BCUT2D eigenvalue weighted by molar-refractivity contribution is -0.106. The monoisotopic (exact) mass is 499 g/mol. The number of piperidine rings is 1. The summed E-state index contributed by atoms with van der Waals surface area (Å²) in [4.78, 5) is 11.4. The number of nitrogens with zero attached hydrogens (tertiary/aromatic N) is 5. The number of fused-ring (bicyclic) bond motifs is 1. The van der Waals surface area contributed by atoms with Crippen molar-refractivity contribution in [3.05, 3.63) is 35.4 Å². The fourth-order valence-corrected chi connectivity index (χ4v) is 7.20. The minimum Gasteiger partial charge on any atom is -0.485 e. The van der Waals surface area contributed by atoms with Gasteiger partial charge in [0, 0.05) is 44.6 Å². The maximum atomic E-state index is 11.8. The summed E-state index contributed by atoms with van der Waals surface area (Å²) in [6, 6.07) is 2.82. The number of pyridine rings is 1. The maximum absolute atomic E-state index is 11.8. The van der Waals surface area contributed by atoms with E-state index in [1.165, 1.54) is 16.1 Å². The van der Waals surface area contributed by atoms with E-state index >= 15 is 0 Å². The number of aromatic nitrogens is 3. The number of hydrogen-bond acceptors (Lipinski definition) is 8. The van der Waals surface area contributed by atoms with Crippen molar-refractivity contribution in [2.24, 2.45) is 5.41 Å². The van der Waals surface area contributed by atoms with Crippen molar-refractivity contribution in [3.63, 3.8) is 0 Å². The van der Waals surface area contributed by atoms with Gasteiger partial charge in [0.05, 0.1) is 18.1 Å². The van der Waals surface area contributed by atoms with E-state index in [2.05, 4.69) is 33.0 Å². The van der Waals surface area contributed by atoms with E-state index in [1.807, 2.05) is 12.3 Å². The summed E-state index contributed by atoms with van der Waals surface area (Å²) in [7, 11) is -3.15. The molecule has 9 nitrogen and oxygen atoms in total. The molecule has 2 fully saturated rings. The summed E-state index contributed by atoms with van der Waals surface area (Å²) in [5, 5.41) is 4.10. The number of ether oxygens (including phenoxy) is 1. The molecule has 0 amide bonds. The first kappa shape index (κ1) is 23.0. The second kappa shape index (κ2) is 8.30. The molecule has 0 atom stereocenters. The second-order valence-corrected chi connectivity index (χ2v) is 12.8. The highest BCUT2D eigenvalue weighted by Gasteiger charge is 2.59. The average Bonchev–Trinajstić information content (AvgIpc) is 3.43. The van der Waals surface area contributed by atoms with E-state index in [4.69, 9.17) is 9.26 Å². The molecule has 188 valence electrons. The Morgan fingerprint density at radius 2 is 1.97 bits per heavy atom. The Morgan fingerprint density at radius 3 is 2.66 bits per heavy atom. The molecule has 0 aromatic carbocycles. The van der Waals surface area contributed by atoms with Gasteiger partial charge in [-0.2, -0.15) is 9.29 Å². The first-order valence-electron chi connectivity index (χ1n) is 12.7. The molecule has 2 aromatic heterocycles. The van der Waals surface area contributed by atoms with Gasteiger partial charge in [-0.3, -0.25) is 4.98 Å². The van der Waals surface area contributed by atoms with Crippen molar-refractivity contribution >= 4 is 21.6 Å². The van der Waals surface area contributed by atoms with Crippen LogP contribution in [0.15, 0.2) is 22.9 Å². The predicted octanol–water partition coefficient (Wildman–Crippen LogP) is 3.22. The third-order valence-electron chi connectivity index (χ3n) is 8.18. The van der Waals surface area contributed by atoms with Crippen molar-refractivity contribution in [2.45, 2.75) is 63.9 Å². The first-order valence-corrected chi connectivity index (χ1v) is 14.5. The SMILES string of the molecule is CCCc1noc(N2CCC3(CC2)CC2(Cc4cc(C5=CCN(S(C)(=O)=O)CC5)ncc4O2)C3)n1. The summed E-state index contributed by atoms with van der Waals surface area (Å²) in [6.45, 7) is 4.93. The Kier molecular flexibility index (Phi) is 5.45. The zero-order valence-corrected chi connectivity index (χ0v) is 21.3. The molecular weight excluding hydrogens is 466 g/mol. The summed E-state index contributed by atoms with van der Waals surface area (Å²) < 4.78 is 37.1. The van der Waals surface area contributed by atoms with Gasteiger partial charge in [-0.25, -0.2) is 8.42 Å². The zero-order valence-electron chi connectivity index (χ0n) is 20.5. The molecule has 1 aliphatic carbocycles. The molecule has 5 heterocycles. The lowest BCUT2D eigenvalue weighted by atomic mass is 9.54.